The first-order chi connectivity index (χ1) is 6.93. The first-order valence-corrected chi connectivity index (χ1v) is 5.03. The van der Waals surface area contributed by atoms with E-state index in [4.69, 9.17) is 9.47 Å². The van der Waals surface area contributed by atoms with Gasteiger partial charge < -0.3 is 14.8 Å². The van der Waals surface area contributed by atoms with Gasteiger partial charge in [-0.3, -0.25) is 0 Å². The minimum absolute atomic E-state index is 0.254. The minimum Gasteiger partial charge on any atom is -0.483 e. The number of hydrogen-bond acceptors (Lipinski definition) is 3. The van der Waals surface area contributed by atoms with Crippen LogP contribution in [0.15, 0.2) is 18.2 Å². The molecule has 3 rings (SSSR count). The van der Waals surface area contributed by atoms with Crippen LogP contribution in [0.4, 0.5) is 5.69 Å². The van der Waals surface area contributed by atoms with Gasteiger partial charge in [-0.15, -0.1) is 0 Å². The van der Waals surface area contributed by atoms with E-state index in [1.54, 1.807) is 0 Å². The Bertz CT molecular complexity index is 347. The SMILES string of the molecule is c1cc2c(c(OC3COC3)c1)NCC2. The highest BCUT2D eigenvalue weighted by molar-refractivity contribution is 5.65. The summed E-state index contributed by atoms with van der Waals surface area (Å²) in [6.45, 7) is 2.48. The lowest BCUT2D eigenvalue weighted by atomic mass is 10.1. The van der Waals surface area contributed by atoms with E-state index >= 15 is 0 Å². The Kier molecular flexibility index (Phi) is 1.84. The number of fused-ring (bicyclic) bond motifs is 1. The zero-order chi connectivity index (χ0) is 9.38. The van der Waals surface area contributed by atoms with E-state index in [2.05, 4.69) is 17.4 Å². The molecule has 0 bridgehead atoms. The molecular formula is C11H13NO2. The van der Waals surface area contributed by atoms with Gasteiger partial charge in [-0.2, -0.15) is 0 Å². The summed E-state index contributed by atoms with van der Waals surface area (Å²) in [5.74, 6) is 0.980. The molecule has 1 N–H and O–H groups in total. The molecule has 0 aliphatic carbocycles. The van der Waals surface area contributed by atoms with Gasteiger partial charge in [-0.25, -0.2) is 0 Å². The third-order valence-electron chi connectivity index (χ3n) is 2.71. The second-order valence-electron chi connectivity index (χ2n) is 3.74. The van der Waals surface area contributed by atoms with E-state index in [1.165, 1.54) is 11.3 Å². The van der Waals surface area contributed by atoms with Crippen molar-refractivity contribution in [2.24, 2.45) is 0 Å². The molecule has 14 heavy (non-hydrogen) atoms. The van der Waals surface area contributed by atoms with E-state index in [1.807, 2.05) is 6.07 Å². The van der Waals surface area contributed by atoms with Crippen molar-refractivity contribution in [1.82, 2.24) is 0 Å². The molecule has 1 aromatic carbocycles. The van der Waals surface area contributed by atoms with Gasteiger partial charge in [-0.1, -0.05) is 12.1 Å². The van der Waals surface area contributed by atoms with E-state index in [0.29, 0.717) is 0 Å². The van der Waals surface area contributed by atoms with Crippen molar-refractivity contribution in [2.45, 2.75) is 12.5 Å². The molecule has 2 aliphatic rings. The van der Waals surface area contributed by atoms with Crippen molar-refractivity contribution in [2.75, 3.05) is 25.1 Å². The fraction of sp³-hybridized carbons (Fsp3) is 0.455. The summed E-state index contributed by atoms with van der Waals surface area (Å²) in [6, 6.07) is 6.23. The number of nitrogens with one attached hydrogen (secondary N) is 1. The molecule has 1 saturated heterocycles. The molecule has 2 aliphatic heterocycles. The average molecular weight is 191 g/mol. The van der Waals surface area contributed by atoms with Crippen LogP contribution in [0.3, 0.4) is 0 Å². The number of hydrogen-bond donors (Lipinski definition) is 1. The summed E-state index contributed by atoms with van der Waals surface area (Å²) in [5, 5.41) is 3.36. The number of benzene rings is 1. The van der Waals surface area contributed by atoms with E-state index in [0.717, 1.165) is 31.9 Å². The number of rotatable bonds is 2. The van der Waals surface area contributed by atoms with Gasteiger partial charge >= 0.3 is 0 Å². The maximum absolute atomic E-state index is 5.81. The average Bonchev–Trinajstić information content (AvgIpc) is 2.59. The third kappa shape index (κ3) is 1.24. The molecule has 0 atom stereocenters. The molecule has 0 spiro atoms. The number of ether oxygens (including phenoxy) is 2. The Morgan fingerprint density at radius 3 is 3.07 bits per heavy atom. The first kappa shape index (κ1) is 8.12. The van der Waals surface area contributed by atoms with Crippen LogP contribution in [0, 0.1) is 0 Å². The monoisotopic (exact) mass is 191 g/mol. The molecule has 74 valence electrons. The van der Waals surface area contributed by atoms with Gasteiger partial charge in [0.25, 0.3) is 0 Å². The molecule has 0 amide bonds. The quantitative estimate of drug-likeness (QED) is 0.767. The maximum Gasteiger partial charge on any atom is 0.145 e. The van der Waals surface area contributed by atoms with Crippen LogP contribution in [0.5, 0.6) is 5.75 Å². The minimum atomic E-state index is 0.254. The maximum atomic E-state index is 5.81. The van der Waals surface area contributed by atoms with E-state index < -0.39 is 0 Å². The van der Waals surface area contributed by atoms with Crippen molar-refractivity contribution in [1.29, 1.82) is 0 Å². The van der Waals surface area contributed by atoms with Crippen molar-refractivity contribution in [3.8, 4) is 5.75 Å². The Labute approximate surface area is 83.0 Å². The summed E-state index contributed by atoms with van der Waals surface area (Å²) < 4.78 is 10.9. The Hall–Kier alpha value is -1.22. The highest BCUT2D eigenvalue weighted by Crippen LogP contribution is 2.33. The van der Waals surface area contributed by atoms with Crippen molar-refractivity contribution in [3.05, 3.63) is 23.8 Å². The smallest absolute Gasteiger partial charge is 0.145 e. The lowest BCUT2D eigenvalue weighted by molar-refractivity contribution is -0.0794. The highest BCUT2D eigenvalue weighted by atomic mass is 16.6. The largest absolute Gasteiger partial charge is 0.483 e. The number of anilines is 1. The van der Waals surface area contributed by atoms with Crippen LogP contribution in [0.25, 0.3) is 0 Å². The second kappa shape index (κ2) is 3.17. The van der Waals surface area contributed by atoms with Crippen LogP contribution in [-0.2, 0) is 11.2 Å². The van der Waals surface area contributed by atoms with Crippen LogP contribution in [0.1, 0.15) is 5.56 Å². The number of para-hydroxylation sites is 1. The predicted octanol–water partition coefficient (Wildman–Crippen LogP) is 1.43. The van der Waals surface area contributed by atoms with Crippen LogP contribution in [-0.4, -0.2) is 25.9 Å². The van der Waals surface area contributed by atoms with Gasteiger partial charge in [0.05, 0.1) is 18.9 Å². The normalized spacial score (nSPS) is 19.7. The lowest BCUT2D eigenvalue weighted by Gasteiger charge is -2.27. The standard InChI is InChI=1S/C11H13NO2/c1-2-8-4-5-12-11(8)10(3-1)14-9-6-13-7-9/h1-3,9,12H,4-7H2. The zero-order valence-electron chi connectivity index (χ0n) is 7.95. The Balaban J connectivity index is 1.85. The molecular weight excluding hydrogens is 178 g/mol. The molecule has 3 heteroatoms. The Morgan fingerprint density at radius 2 is 2.29 bits per heavy atom. The summed E-state index contributed by atoms with van der Waals surface area (Å²) in [5.41, 5.74) is 2.54. The van der Waals surface area contributed by atoms with Crippen LogP contribution in [0.2, 0.25) is 0 Å². The van der Waals surface area contributed by atoms with Gasteiger partial charge in [-0.05, 0) is 18.1 Å². The van der Waals surface area contributed by atoms with E-state index in [9.17, 15) is 0 Å². The molecule has 0 radical (unpaired) electrons. The van der Waals surface area contributed by atoms with Gasteiger partial charge in [0, 0.05) is 6.54 Å². The third-order valence-corrected chi connectivity index (χ3v) is 2.71. The summed E-state index contributed by atoms with van der Waals surface area (Å²) in [6.07, 6.45) is 1.36. The fourth-order valence-electron chi connectivity index (χ4n) is 1.87. The van der Waals surface area contributed by atoms with E-state index in [-0.39, 0.29) is 6.10 Å². The first-order valence-electron chi connectivity index (χ1n) is 5.03. The molecule has 1 fully saturated rings. The Morgan fingerprint density at radius 1 is 1.36 bits per heavy atom. The molecule has 0 saturated carbocycles. The van der Waals surface area contributed by atoms with Crippen LogP contribution >= 0.6 is 0 Å². The highest BCUT2D eigenvalue weighted by Gasteiger charge is 2.23. The molecule has 1 aromatic rings. The van der Waals surface area contributed by atoms with Crippen molar-refractivity contribution in [3.63, 3.8) is 0 Å². The molecule has 0 aromatic heterocycles. The second-order valence-corrected chi connectivity index (χ2v) is 3.74. The summed E-state index contributed by atoms with van der Waals surface area (Å²) in [4.78, 5) is 0. The van der Waals surface area contributed by atoms with Gasteiger partial charge in [0.15, 0.2) is 0 Å². The summed E-state index contributed by atoms with van der Waals surface area (Å²) in [7, 11) is 0. The molecule has 3 nitrogen and oxygen atoms in total. The molecule has 0 unspecified atom stereocenters. The zero-order valence-corrected chi connectivity index (χ0v) is 7.95. The summed E-state index contributed by atoms with van der Waals surface area (Å²) >= 11 is 0. The van der Waals surface area contributed by atoms with Crippen molar-refractivity contribution >= 4 is 5.69 Å². The lowest BCUT2D eigenvalue weighted by Crippen LogP contribution is -2.38. The van der Waals surface area contributed by atoms with Gasteiger partial charge in [0.2, 0.25) is 0 Å². The molecule has 2 heterocycles. The fourth-order valence-corrected chi connectivity index (χ4v) is 1.87. The van der Waals surface area contributed by atoms with Crippen molar-refractivity contribution < 1.29 is 9.47 Å². The van der Waals surface area contributed by atoms with Crippen LogP contribution < -0.4 is 10.1 Å². The van der Waals surface area contributed by atoms with Gasteiger partial charge in [0.1, 0.15) is 11.9 Å². The predicted molar refractivity (Wildman–Crippen MR) is 53.9 cm³/mol. The topological polar surface area (TPSA) is 30.5 Å².